The molecule has 0 saturated carbocycles. The summed E-state index contributed by atoms with van der Waals surface area (Å²) in [5.74, 6) is -0.591. The summed E-state index contributed by atoms with van der Waals surface area (Å²) in [4.78, 5) is 26.2. The van der Waals surface area contributed by atoms with Crippen LogP contribution in [0.3, 0.4) is 0 Å². The molecular weight excluding hydrogens is 194 g/mol. The highest BCUT2D eigenvalue weighted by atomic mass is 16.2. The van der Waals surface area contributed by atoms with Crippen LogP contribution in [0.4, 0.5) is 0 Å². The van der Waals surface area contributed by atoms with Crippen LogP contribution in [0.5, 0.6) is 0 Å². The molecule has 2 atom stereocenters. The van der Waals surface area contributed by atoms with E-state index in [-0.39, 0.29) is 12.0 Å². The van der Waals surface area contributed by atoms with E-state index in [1.165, 1.54) is 4.90 Å². The van der Waals surface area contributed by atoms with Crippen molar-refractivity contribution >= 4 is 11.8 Å². The van der Waals surface area contributed by atoms with Gasteiger partial charge in [-0.05, 0) is 19.4 Å². The largest absolute Gasteiger partial charge is 0.333 e. The molecule has 0 aromatic heterocycles. The third-order valence-electron chi connectivity index (χ3n) is 2.87. The molecule has 2 amide bonds. The number of hydrogen-bond donors (Lipinski definition) is 1. The third-order valence-corrected chi connectivity index (χ3v) is 2.87. The minimum atomic E-state index is -0.419. The van der Waals surface area contributed by atoms with Crippen LogP contribution in [0.1, 0.15) is 13.8 Å². The lowest BCUT2D eigenvalue weighted by molar-refractivity contribution is -0.157. The van der Waals surface area contributed by atoms with Gasteiger partial charge in [-0.2, -0.15) is 0 Å². The van der Waals surface area contributed by atoms with Gasteiger partial charge in [-0.25, -0.2) is 0 Å². The van der Waals surface area contributed by atoms with Crippen molar-refractivity contribution in [2.24, 2.45) is 11.7 Å². The molecule has 1 aliphatic rings. The Morgan fingerprint density at radius 1 is 1.47 bits per heavy atom. The summed E-state index contributed by atoms with van der Waals surface area (Å²) in [7, 11) is 1.66. The predicted octanol–water partition coefficient (Wildman–Crippen LogP) is -0.730. The van der Waals surface area contributed by atoms with E-state index in [9.17, 15) is 9.59 Å². The first-order chi connectivity index (χ1) is 6.97. The SMILES string of the molecule is CC(CN)CN1CC(C)N(C)C(=O)C1=O. The first kappa shape index (κ1) is 12.0. The molecule has 2 unspecified atom stereocenters. The zero-order chi connectivity index (χ0) is 11.6. The van der Waals surface area contributed by atoms with E-state index in [1.807, 2.05) is 13.8 Å². The molecule has 1 saturated heterocycles. The summed E-state index contributed by atoms with van der Waals surface area (Å²) in [5, 5.41) is 0. The smallest absolute Gasteiger partial charge is 0.312 e. The minimum Gasteiger partial charge on any atom is -0.333 e. The molecule has 1 fully saturated rings. The van der Waals surface area contributed by atoms with Crippen molar-refractivity contribution in [3.63, 3.8) is 0 Å². The first-order valence-electron chi connectivity index (χ1n) is 5.23. The van der Waals surface area contributed by atoms with Gasteiger partial charge < -0.3 is 15.5 Å². The number of piperazine rings is 1. The molecule has 0 aromatic rings. The van der Waals surface area contributed by atoms with Crippen LogP contribution < -0.4 is 5.73 Å². The monoisotopic (exact) mass is 213 g/mol. The van der Waals surface area contributed by atoms with Gasteiger partial charge in [0.2, 0.25) is 0 Å². The van der Waals surface area contributed by atoms with E-state index in [1.54, 1.807) is 11.9 Å². The molecule has 5 heteroatoms. The first-order valence-corrected chi connectivity index (χ1v) is 5.23. The van der Waals surface area contributed by atoms with Gasteiger partial charge in [-0.3, -0.25) is 9.59 Å². The van der Waals surface area contributed by atoms with Crippen molar-refractivity contribution < 1.29 is 9.59 Å². The van der Waals surface area contributed by atoms with Crippen molar-refractivity contribution in [2.45, 2.75) is 19.9 Å². The molecule has 0 aromatic carbocycles. The Bertz CT molecular complexity index is 265. The predicted molar refractivity (Wildman–Crippen MR) is 57.0 cm³/mol. The van der Waals surface area contributed by atoms with Crippen LogP contribution >= 0.6 is 0 Å². The van der Waals surface area contributed by atoms with Gasteiger partial charge in [0.25, 0.3) is 0 Å². The van der Waals surface area contributed by atoms with Gasteiger partial charge in [-0.15, -0.1) is 0 Å². The molecule has 0 aliphatic carbocycles. The lowest BCUT2D eigenvalue weighted by atomic mass is 10.1. The molecule has 15 heavy (non-hydrogen) atoms. The Morgan fingerprint density at radius 3 is 2.60 bits per heavy atom. The topological polar surface area (TPSA) is 66.6 Å². The quantitative estimate of drug-likeness (QED) is 0.629. The highest BCUT2D eigenvalue weighted by Crippen LogP contribution is 2.11. The maximum atomic E-state index is 11.6. The summed E-state index contributed by atoms with van der Waals surface area (Å²) in [6.45, 7) is 5.61. The maximum Gasteiger partial charge on any atom is 0.312 e. The van der Waals surface area contributed by atoms with Gasteiger partial charge in [-0.1, -0.05) is 6.92 Å². The number of nitrogens with zero attached hydrogens (tertiary/aromatic N) is 2. The summed E-state index contributed by atoms with van der Waals surface area (Å²) in [6, 6.07) is 0.0835. The van der Waals surface area contributed by atoms with Crippen molar-refractivity contribution in [1.82, 2.24) is 9.80 Å². The molecule has 1 rings (SSSR count). The fraction of sp³-hybridized carbons (Fsp3) is 0.800. The van der Waals surface area contributed by atoms with Gasteiger partial charge in [0.1, 0.15) is 0 Å². The number of amides is 2. The molecule has 0 bridgehead atoms. The number of carbonyl (C=O) groups is 2. The summed E-state index contributed by atoms with van der Waals surface area (Å²) in [5.41, 5.74) is 5.50. The second-order valence-electron chi connectivity index (χ2n) is 4.32. The summed E-state index contributed by atoms with van der Waals surface area (Å²) < 4.78 is 0. The molecule has 2 N–H and O–H groups in total. The molecule has 0 spiro atoms. The number of rotatable bonds is 3. The molecule has 1 heterocycles. The number of likely N-dealkylation sites (N-methyl/N-ethyl adjacent to an activating group) is 1. The Balaban J connectivity index is 2.67. The molecule has 1 aliphatic heterocycles. The highest BCUT2D eigenvalue weighted by Gasteiger charge is 2.34. The van der Waals surface area contributed by atoms with Gasteiger partial charge in [0.05, 0.1) is 0 Å². The Hall–Kier alpha value is -1.10. The van der Waals surface area contributed by atoms with Crippen molar-refractivity contribution in [2.75, 3.05) is 26.7 Å². The maximum absolute atomic E-state index is 11.6. The van der Waals surface area contributed by atoms with Gasteiger partial charge >= 0.3 is 11.8 Å². The standard InChI is InChI=1S/C10H19N3O2/c1-7(4-11)5-13-6-8(2)12(3)9(14)10(13)15/h7-8H,4-6,11H2,1-3H3. The molecule has 0 radical (unpaired) electrons. The van der Waals surface area contributed by atoms with Crippen LogP contribution in [0.15, 0.2) is 0 Å². The minimum absolute atomic E-state index is 0.0835. The van der Waals surface area contributed by atoms with Gasteiger partial charge in [0.15, 0.2) is 0 Å². The highest BCUT2D eigenvalue weighted by molar-refractivity contribution is 6.35. The van der Waals surface area contributed by atoms with Crippen molar-refractivity contribution in [3.8, 4) is 0 Å². The van der Waals surface area contributed by atoms with E-state index in [0.29, 0.717) is 19.6 Å². The van der Waals surface area contributed by atoms with Crippen molar-refractivity contribution in [1.29, 1.82) is 0 Å². The Morgan fingerprint density at radius 2 is 2.07 bits per heavy atom. The zero-order valence-corrected chi connectivity index (χ0v) is 9.56. The lowest BCUT2D eigenvalue weighted by Gasteiger charge is -2.37. The van der Waals surface area contributed by atoms with Crippen LogP contribution in [0.25, 0.3) is 0 Å². The van der Waals surface area contributed by atoms with Crippen molar-refractivity contribution in [3.05, 3.63) is 0 Å². The van der Waals surface area contributed by atoms with Gasteiger partial charge in [0, 0.05) is 26.2 Å². The fourth-order valence-corrected chi connectivity index (χ4v) is 1.62. The lowest BCUT2D eigenvalue weighted by Crippen LogP contribution is -2.58. The fourth-order valence-electron chi connectivity index (χ4n) is 1.62. The average Bonchev–Trinajstić information content (AvgIpc) is 2.22. The van der Waals surface area contributed by atoms with E-state index < -0.39 is 11.8 Å². The van der Waals surface area contributed by atoms with E-state index in [0.717, 1.165) is 0 Å². The zero-order valence-electron chi connectivity index (χ0n) is 9.56. The number of hydrogen-bond acceptors (Lipinski definition) is 3. The third kappa shape index (κ3) is 2.47. The van der Waals surface area contributed by atoms with Crippen LogP contribution in [-0.2, 0) is 9.59 Å². The summed E-state index contributed by atoms with van der Waals surface area (Å²) in [6.07, 6.45) is 0. The molecular formula is C10H19N3O2. The average molecular weight is 213 g/mol. The molecule has 5 nitrogen and oxygen atoms in total. The van der Waals surface area contributed by atoms with E-state index in [2.05, 4.69) is 0 Å². The second kappa shape index (κ2) is 4.61. The normalized spacial score (nSPS) is 24.7. The Labute approximate surface area is 90.2 Å². The summed E-state index contributed by atoms with van der Waals surface area (Å²) >= 11 is 0. The number of carbonyl (C=O) groups excluding carboxylic acids is 2. The second-order valence-corrected chi connectivity index (χ2v) is 4.32. The van der Waals surface area contributed by atoms with Crippen LogP contribution in [0, 0.1) is 5.92 Å². The Kier molecular flexibility index (Phi) is 3.68. The molecule has 86 valence electrons. The van der Waals surface area contributed by atoms with Crippen LogP contribution in [0.2, 0.25) is 0 Å². The van der Waals surface area contributed by atoms with Crippen LogP contribution in [-0.4, -0.2) is 54.3 Å². The number of nitrogens with two attached hydrogens (primary N) is 1. The van der Waals surface area contributed by atoms with E-state index >= 15 is 0 Å². The van der Waals surface area contributed by atoms with E-state index in [4.69, 9.17) is 5.73 Å².